The minimum absolute atomic E-state index is 0.0732. The first-order valence-corrected chi connectivity index (χ1v) is 12.3. The molecule has 0 saturated heterocycles. The molecule has 0 saturated carbocycles. The lowest BCUT2D eigenvalue weighted by Crippen LogP contribution is -2.51. The Balaban J connectivity index is 1.65. The highest BCUT2D eigenvalue weighted by molar-refractivity contribution is 7.13. The molecule has 0 aliphatic rings. The van der Waals surface area contributed by atoms with Crippen LogP contribution < -0.4 is 10.2 Å². The molecule has 0 fully saturated rings. The molecule has 2 aromatic carbocycles. The summed E-state index contributed by atoms with van der Waals surface area (Å²) in [4.78, 5) is 29.3. The van der Waals surface area contributed by atoms with E-state index in [0.717, 1.165) is 26.2 Å². The van der Waals surface area contributed by atoms with Gasteiger partial charge in [-0.3, -0.25) is 14.5 Å². The fourth-order valence-electron chi connectivity index (χ4n) is 3.80. The number of carbonyl (C=O) groups excluding carboxylic acids is 2. The van der Waals surface area contributed by atoms with E-state index < -0.39 is 41.8 Å². The minimum atomic E-state index is -4.74. The fraction of sp³-hybridized carbons (Fsp3) is 0.240. The van der Waals surface area contributed by atoms with E-state index in [-0.39, 0.29) is 18.8 Å². The lowest BCUT2D eigenvalue weighted by atomic mass is 10.1. The SMILES string of the molecule is CCC(C(=O)NCc1ccccc1)N(C(=O)Cn1nnc(-c2cccs2)n1)c1ccccc1C(F)(F)F. The molecule has 0 spiro atoms. The van der Waals surface area contributed by atoms with Crippen LogP contribution in [-0.4, -0.2) is 38.1 Å². The van der Waals surface area contributed by atoms with Gasteiger partial charge in [0, 0.05) is 6.54 Å². The second kappa shape index (κ2) is 11.3. The van der Waals surface area contributed by atoms with Gasteiger partial charge in [0.15, 0.2) is 0 Å². The quantitative estimate of drug-likeness (QED) is 0.344. The van der Waals surface area contributed by atoms with Crippen molar-refractivity contribution in [3.05, 3.63) is 83.2 Å². The largest absolute Gasteiger partial charge is 0.418 e. The number of amides is 2. The van der Waals surface area contributed by atoms with Crippen molar-refractivity contribution in [3.63, 3.8) is 0 Å². The Kier molecular flexibility index (Phi) is 7.97. The number of hydrogen-bond acceptors (Lipinski definition) is 6. The number of carbonyl (C=O) groups is 2. The van der Waals surface area contributed by atoms with Gasteiger partial charge < -0.3 is 5.32 Å². The van der Waals surface area contributed by atoms with Crippen LogP contribution in [0.5, 0.6) is 0 Å². The second-order valence-corrected chi connectivity index (χ2v) is 8.97. The number of alkyl halides is 3. The van der Waals surface area contributed by atoms with Crippen LogP contribution in [0.15, 0.2) is 72.1 Å². The number of hydrogen-bond donors (Lipinski definition) is 1. The van der Waals surface area contributed by atoms with Gasteiger partial charge in [0.05, 0.1) is 16.1 Å². The van der Waals surface area contributed by atoms with Crippen molar-refractivity contribution in [2.45, 2.75) is 38.7 Å². The van der Waals surface area contributed by atoms with E-state index in [9.17, 15) is 22.8 Å². The zero-order valence-corrected chi connectivity index (χ0v) is 20.5. The number of nitrogens with one attached hydrogen (secondary N) is 1. The van der Waals surface area contributed by atoms with Crippen molar-refractivity contribution >= 4 is 28.8 Å². The van der Waals surface area contributed by atoms with Crippen molar-refractivity contribution in [2.75, 3.05) is 4.90 Å². The van der Waals surface area contributed by atoms with E-state index in [1.54, 1.807) is 13.0 Å². The molecule has 0 radical (unpaired) electrons. The number of halogens is 3. The molecular weight excluding hydrogens is 505 g/mol. The summed E-state index contributed by atoms with van der Waals surface area (Å²) in [6.07, 6.45) is -4.67. The van der Waals surface area contributed by atoms with Crippen LogP contribution >= 0.6 is 11.3 Å². The van der Waals surface area contributed by atoms with Crippen LogP contribution in [0.4, 0.5) is 18.9 Å². The van der Waals surface area contributed by atoms with Crippen molar-refractivity contribution in [3.8, 4) is 10.7 Å². The third kappa shape index (κ3) is 6.20. The maximum atomic E-state index is 13.9. The molecule has 192 valence electrons. The number of nitrogens with zero attached hydrogens (tertiary/aromatic N) is 5. The third-order valence-electron chi connectivity index (χ3n) is 5.52. The van der Waals surface area contributed by atoms with Gasteiger partial charge >= 0.3 is 6.18 Å². The molecule has 2 heterocycles. The Morgan fingerprint density at radius 2 is 1.78 bits per heavy atom. The van der Waals surface area contributed by atoms with E-state index in [1.165, 1.54) is 29.5 Å². The first-order valence-electron chi connectivity index (χ1n) is 11.4. The van der Waals surface area contributed by atoms with Crippen LogP contribution in [0.3, 0.4) is 0 Å². The first-order chi connectivity index (χ1) is 17.8. The predicted octanol–water partition coefficient (Wildman–Crippen LogP) is 4.55. The van der Waals surface area contributed by atoms with Crippen molar-refractivity contribution in [1.82, 2.24) is 25.5 Å². The standard InChI is InChI=1S/C25H23F3N6O2S/c1-2-19(24(36)29-15-17-9-4-3-5-10-17)34(20-12-7-6-11-18(20)25(26,27)28)22(35)16-33-31-23(30-32-33)21-13-8-14-37-21/h3-14,19H,2,15-16H2,1H3,(H,29,36). The monoisotopic (exact) mass is 528 g/mol. The second-order valence-electron chi connectivity index (χ2n) is 8.03. The highest BCUT2D eigenvalue weighted by atomic mass is 32.1. The number of thiophene rings is 1. The molecule has 4 rings (SSSR count). The van der Waals surface area contributed by atoms with Crippen LogP contribution in [-0.2, 0) is 28.9 Å². The average Bonchev–Trinajstić information content (AvgIpc) is 3.58. The van der Waals surface area contributed by atoms with E-state index in [1.807, 2.05) is 41.8 Å². The number of benzene rings is 2. The van der Waals surface area contributed by atoms with Gasteiger partial charge in [-0.25, -0.2) is 0 Å². The number of rotatable bonds is 9. The Labute approximate surface area is 214 Å². The van der Waals surface area contributed by atoms with Crippen LogP contribution in [0.25, 0.3) is 10.7 Å². The van der Waals surface area contributed by atoms with Crippen molar-refractivity contribution < 1.29 is 22.8 Å². The van der Waals surface area contributed by atoms with Crippen LogP contribution in [0.2, 0.25) is 0 Å². The molecule has 2 amide bonds. The number of anilines is 1. The summed E-state index contributed by atoms with van der Waals surface area (Å²) in [5, 5.41) is 16.6. The van der Waals surface area contributed by atoms with Gasteiger partial charge in [-0.05, 0) is 40.8 Å². The number of aromatic nitrogens is 4. The molecular formula is C25H23F3N6O2S. The zero-order valence-electron chi connectivity index (χ0n) is 19.7. The Morgan fingerprint density at radius 1 is 1.05 bits per heavy atom. The van der Waals surface area contributed by atoms with E-state index in [2.05, 4.69) is 20.7 Å². The summed E-state index contributed by atoms with van der Waals surface area (Å²) in [6, 6.07) is 16.1. The molecule has 2 aromatic heterocycles. The highest BCUT2D eigenvalue weighted by Crippen LogP contribution is 2.37. The molecule has 1 atom stereocenters. The summed E-state index contributed by atoms with van der Waals surface area (Å²) >= 11 is 1.38. The normalized spacial score (nSPS) is 12.2. The molecule has 1 N–H and O–H groups in total. The average molecular weight is 529 g/mol. The Bertz CT molecular complexity index is 1340. The van der Waals surface area contributed by atoms with E-state index >= 15 is 0 Å². The summed E-state index contributed by atoms with van der Waals surface area (Å²) in [7, 11) is 0. The summed E-state index contributed by atoms with van der Waals surface area (Å²) < 4.78 is 41.8. The van der Waals surface area contributed by atoms with Gasteiger partial charge in [0.2, 0.25) is 11.7 Å². The Hall–Kier alpha value is -4.06. The molecule has 4 aromatic rings. The molecule has 0 aliphatic heterocycles. The highest BCUT2D eigenvalue weighted by Gasteiger charge is 2.39. The van der Waals surface area contributed by atoms with Crippen LogP contribution in [0, 0.1) is 0 Å². The summed E-state index contributed by atoms with van der Waals surface area (Å²) in [5.41, 5.74) is -0.629. The number of tetrazole rings is 1. The maximum Gasteiger partial charge on any atom is 0.418 e. The third-order valence-corrected chi connectivity index (χ3v) is 6.39. The lowest BCUT2D eigenvalue weighted by molar-refractivity contribution is -0.137. The molecule has 0 aliphatic carbocycles. The van der Waals surface area contributed by atoms with E-state index in [0.29, 0.717) is 0 Å². The fourth-order valence-corrected chi connectivity index (χ4v) is 4.45. The van der Waals surface area contributed by atoms with Gasteiger partial charge in [0.25, 0.3) is 5.91 Å². The zero-order chi connectivity index (χ0) is 26.4. The molecule has 12 heteroatoms. The van der Waals surface area contributed by atoms with Gasteiger partial charge in [-0.2, -0.15) is 18.0 Å². The van der Waals surface area contributed by atoms with Crippen LogP contribution in [0.1, 0.15) is 24.5 Å². The molecule has 8 nitrogen and oxygen atoms in total. The predicted molar refractivity (Wildman–Crippen MR) is 132 cm³/mol. The topological polar surface area (TPSA) is 93.0 Å². The first kappa shape index (κ1) is 26.0. The molecule has 37 heavy (non-hydrogen) atoms. The van der Waals surface area contributed by atoms with Crippen molar-refractivity contribution in [1.29, 1.82) is 0 Å². The lowest BCUT2D eigenvalue weighted by Gasteiger charge is -2.32. The minimum Gasteiger partial charge on any atom is -0.350 e. The van der Waals surface area contributed by atoms with Gasteiger partial charge in [-0.1, -0.05) is 55.5 Å². The summed E-state index contributed by atoms with van der Waals surface area (Å²) in [5.74, 6) is -1.08. The Morgan fingerprint density at radius 3 is 2.46 bits per heavy atom. The maximum absolute atomic E-state index is 13.9. The molecule has 1 unspecified atom stereocenters. The van der Waals surface area contributed by atoms with Gasteiger partial charge in [-0.15, -0.1) is 21.5 Å². The van der Waals surface area contributed by atoms with Crippen molar-refractivity contribution in [2.24, 2.45) is 0 Å². The van der Waals surface area contributed by atoms with Gasteiger partial charge in [0.1, 0.15) is 12.6 Å². The smallest absolute Gasteiger partial charge is 0.350 e. The number of para-hydroxylation sites is 1. The molecule has 0 bridgehead atoms. The summed E-state index contributed by atoms with van der Waals surface area (Å²) in [6.45, 7) is 1.28. The van der Waals surface area contributed by atoms with E-state index in [4.69, 9.17) is 0 Å².